The van der Waals surface area contributed by atoms with Gasteiger partial charge in [-0.2, -0.15) is 0 Å². The van der Waals surface area contributed by atoms with Gasteiger partial charge in [0, 0.05) is 12.3 Å². The summed E-state index contributed by atoms with van der Waals surface area (Å²) in [7, 11) is 1.69. The molecule has 0 aliphatic carbocycles. The molecular weight excluding hydrogens is 370 g/mol. The maximum absolute atomic E-state index is 12.4. The van der Waals surface area contributed by atoms with Gasteiger partial charge in [-0.3, -0.25) is 4.79 Å². The average Bonchev–Trinajstić information content (AvgIpc) is 2.78. The number of methoxy groups -OCH3 is 1. The highest BCUT2D eigenvalue weighted by molar-refractivity contribution is 5.70. The van der Waals surface area contributed by atoms with Crippen LogP contribution in [-0.4, -0.2) is 11.7 Å². The van der Waals surface area contributed by atoms with Gasteiger partial charge in [0.25, 0.3) is 5.56 Å². The fourth-order valence-electron chi connectivity index (χ4n) is 3.71. The number of nitrogens with zero attached hydrogens (tertiary/aromatic N) is 1. The van der Waals surface area contributed by atoms with Gasteiger partial charge in [0.15, 0.2) is 0 Å². The van der Waals surface area contributed by atoms with E-state index in [1.54, 1.807) is 17.7 Å². The quantitative estimate of drug-likeness (QED) is 0.433. The first-order valence-corrected chi connectivity index (χ1v) is 10.1. The standard InChI is InChI=1S/C27H25NO2/c1-20-11-13-24(26(15-20)23-9-6-10-25(17-23)30-2)16-22-12-14-27(29)28(19-22)18-21-7-4-3-5-8-21/h3-15,17,19H,16,18H2,1-2H3. The van der Waals surface area contributed by atoms with Crippen LogP contribution in [0.25, 0.3) is 11.1 Å². The molecule has 0 N–H and O–H groups in total. The number of aromatic nitrogens is 1. The zero-order valence-corrected chi connectivity index (χ0v) is 17.3. The first-order chi connectivity index (χ1) is 14.6. The minimum absolute atomic E-state index is 0.0135. The lowest BCUT2D eigenvalue weighted by Gasteiger charge is -2.14. The second-order valence-electron chi connectivity index (χ2n) is 7.56. The molecule has 0 aliphatic rings. The Morgan fingerprint density at radius 2 is 1.67 bits per heavy atom. The Labute approximate surface area is 177 Å². The number of rotatable bonds is 6. The molecule has 0 saturated carbocycles. The molecule has 0 bridgehead atoms. The SMILES string of the molecule is COc1cccc(-c2cc(C)ccc2Cc2ccc(=O)n(Cc3ccccc3)c2)c1. The molecule has 0 amide bonds. The van der Waals surface area contributed by atoms with Crippen LogP contribution in [0.3, 0.4) is 0 Å². The first-order valence-electron chi connectivity index (χ1n) is 10.1. The van der Waals surface area contributed by atoms with E-state index in [-0.39, 0.29) is 5.56 Å². The first kappa shape index (κ1) is 19.7. The van der Waals surface area contributed by atoms with E-state index in [0.717, 1.165) is 28.9 Å². The van der Waals surface area contributed by atoms with Crippen molar-refractivity contribution < 1.29 is 4.74 Å². The molecule has 4 rings (SSSR count). The Morgan fingerprint density at radius 3 is 2.47 bits per heavy atom. The van der Waals surface area contributed by atoms with E-state index in [0.29, 0.717) is 6.54 Å². The van der Waals surface area contributed by atoms with Crippen molar-refractivity contribution in [1.29, 1.82) is 0 Å². The van der Waals surface area contributed by atoms with Crippen molar-refractivity contribution in [3.63, 3.8) is 0 Å². The Kier molecular flexibility index (Phi) is 5.80. The van der Waals surface area contributed by atoms with Crippen molar-refractivity contribution in [3.05, 3.63) is 124 Å². The second kappa shape index (κ2) is 8.83. The van der Waals surface area contributed by atoms with Gasteiger partial charge in [-0.05, 0) is 53.3 Å². The van der Waals surface area contributed by atoms with Crippen LogP contribution in [0, 0.1) is 6.92 Å². The molecule has 4 aromatic rings. The monoisotopic (exact) mass is 395 g/mol. The predicted molar refractivity (Wildman–Crippen MR) is 122 cm³/mol. The van der Waals surface area contributed by atoms with Crippen LogP contribution in [0.4, 0.5) is 0 Å². The van der Waals surface area contributed by atoms with Crippen LogP contribution in [0.1, 0.15) is 22.3 Å². The van der Waals surface area contributed by atoms with Crippen LogP contribution >= 0.6 is 0 Å². The molecule has 3 aromatic carbocycles. The molecule has 0 unspecified atom stereocenters. The second-order valence-corrected chi connectivity index (χ2v) is 7.56. The molecular formula is C27H25NO2. The number of hydrogen-bond donors (Lipinski definition) is 0. The average molecular weight is 396 g/mol. The number of pyridine rings is 1. The summed E-state index contributed by atoms with van der Waals surface area (Å²) in [4.78, 5) is 12.4. The number of benzene rings is 3. The molecule has 1 heterocycles. The van der Waals surface area contributed by atoms with Crippen molar-refractivity contribution in [2.45, 2.75) is 19.9 Å². The zero-order valence-electron chi connectivity index (χ0n) is 17.3. The van der Waals surface area contributed by atoms with E-state index >= 15 is 0 Å². The normalized spacial score (nSPS) is 10.7. The summed E-state index contributed by atoms with van der Waals surface area (Å²) in [5.41, 5.74) is 6.99. The van der Waals surface area contributed by atoms with Gasteiger partial charge in [0.1, 0.15) is 5.75 Å². The number of hydrogen-bond acceptors (Lipinski definition) is 2. The summed E-state index contributed by atoms with van der Waals surface area (Å²) in [5.74, 6) is 0.844. The Bertz CT molecular complexity index is 1210. The van der Waals surface area contributed by atoms with Crippen LogP contribution in [0.5, 0.6) is 5.75 Å². The van der Waals surface area contributed by atoms with Gasteiger partial charge in [-0.25, -0.2) is 0 Å². The van der Waals surface area contributed by atoms with E-state index in [2.05, 4.69) is 37.3 Å². The van der Waals surface area contributed by atoms with E-state index in [1.807, 2.05) is 54.7 Å². The van der Waals surface area contributed by atoms with E-state index in [1.165, 1.54) is 16.7 Å². The van der Waals surface area contributed by atoms with Gasteiger partial charge >= 0.3 is 0 Å². The molecule has 150 valence electrons. The van der Waals surface area contributed by atoms with Crippen molar-refractivity contribution in [2.75, 3.05) is 7.11 Å². The molecule has 30 heavy (non-hydrogen) atoms. The van der Waals surface area contributed by atoms with Crippen LogP contribution in [0.15, 0.2) is 95.9 Å². The molecule has 0 spiro atoms. The minimum atomic E-state index is 0.0135. The third-order valence-electron chi connectivity index (χ3n) is 5.28. The summed E-state index contributed by atoms with van der Waals surface area (Å²) in [6.45, 7) is 2.68. The molecule has 0 fully saturated rings. The van der Waals surface area contributed by atoms with Crippen molar-refractivity contribution in [2.24, 2.45) is 0 Å². The largest absolute Gasteiger partial charge is 0.497 e. The summed E-state index contributed by atoms with van der Waals surface area (Å²) < 4.78 is 7.19. The van der Waals surface area contributed by atoms with Crippen LogP contribution in [-0.2, 0) is 13.0 Å². The Balaban J connectivity index is 1.68. The van der Waals surface area contributed by atoms with Crippen molar-refractivity contribution in [1.82, 2.24) is 4.57 Å². The third kappa shape index (κ3) is 4.52. The highest BCUT2D eigenvalue weighted by Gasteiger charge is 2.09. The Morgan fingerprint density at radius 1 is 0.833 bits per heavy atom. The number of ether oxygens (including phenoxy) is 1. The zero-order chi connectivity index (χ0) is 20.9. The molecule has 1 aromatic heterocycles. The topological polar surface area (TPSA) is 31.2 Å². The van der Waals surface area contributed by atoms with Crippen molar-refractivity contribution >= 4 is 0 Å². The van der Waals surface area contributed by atoms with Crippen LogP contribution in [0.2, 0.25) is 0 Å². The minimum Gasteiger partial charge on any atom is -0.497 e. The molecule has 3 heteroatoms. The van der Waals surface area contributed by atoms with E-state index < -0.39 is 0 Å². The van der Waals surface area contributed by atoms with Gasteiger partial charge in [-0.15, -0.1) is 0 Å². The van der Waals surface area contributed by atoms with E-state index in [4.69, 9.17) is 4.74 Å². The molecule has 0 atom stereocenters. The summed E-state index contributed by atoms with van der Waals surface area (Å²) in [6, 6.07) is 28.3. The van der Waals surface area contributed by atoms with Gasteiger partial charge < -0.3 is 9.30 Å². The Hall–Kier alpha value is -3.59. The van der Waals surface area contributed by atoms with Crippen LogP contribution < -0.4 is 10.3 Å². The third-order valence-corrected chi connectivity index (χ3v) is 5.28. The number of aryl methyl sites for hydroxylation is 1. The maximum Gasteiger partial charge on any atom is 0.250 e. The predicted octanol–water partition coefficient (Wildman–Crippen LogP) is 5.47. The van der Waals surface area contributed by atoms with Crippen molar-refractivity contribution in [3.8, 4) is 16.9 Å². The van der Waals surface area contributed by atoms with Gasteiger partial charge in [0.2, 0.25) is 0 Å². The highest BCUT2D eigenvalue weighted by Crippen LogP contribution is 2.29. The lowest BCUT2D eigenvalue weighted by atomic mass is 9.93. The smallest absolute Gasteiger partial charge is 0.250 e. The van der Waals surface area contributed by atoms with Gasteiger partial charge in [0.05, 0.1) is 13.7 Å². The molecule has 0 aliphatic heterocycles. The summed E-state index contributed by atoms with van der Waals surface area (Å²) >= 11 is 0. The summed E-state index contributed by atoms with van der Waals surface area (Å²) in [6.07, 6.45) is 2.73. The molecule has 0 radical (unpaired) electrons. The fourth-order valence-corrected chi connectivity index (χ4v) is 3.71. The lowest BCUT2D eigenvalue weighted by Crippen LogP contribution is -2.19. The van der Waals surface area contributed by atoms with Gasteiger partial charge in [-0.1, -0.05) is 72.3 Å². The molecule has 3 nitrogen and oxygen atoms in total. The highest BCUT2D eigenvalue weighted by atomic mass is 16.5. The fraction of sp³-hybridized carbons (Fsp3) is 0.148. The summed E-state index contributed by atoms with van der Waals surface area (Å²) in [5, 5.41) is 0. The van der Waals surface area contributed by atoms with E-state index in [9.17, 15) is 4.79 Å². The maximum atomic E-state index is 12.4. The lowest BCUT2D eigenvalue weighted by molar-refractivity contribution is 0.415. The molecule has 0 saturated heterocycles.